The van der Waals surface area contributed by atoms with E-state index >= 15 is 0 Å². The van der Waals surface area contributed by atoms with Crippen LogP contribution in [-0.2, 0) is 0 Å². The third-order valence-electron chi connectivity index (χ3n) is 4.05. The van der Waals surface area contributed by atoms with Crippen molar-refractivity contribution in [3.05, 3.63) is 107 Å². The first-order chi connectivity index (χ1) is 14.0. The SMILES string of the molecule is C=C/C=C(\C=C)CCNC(=O)c1ccccc1NC(=O)c1ccc([N+](=O)[O-])cc1. The van der Waals surface area contributed by atoms with Crippen LogP contribution in [-0.4, -0.2) is 23.3 Å². The molecule has 2 rings (SSSR count). The van der Waals surface area contributed by atoms with Crippen LogP contribution in [0, 0.1) is 10.1 Å². The van der Waals surface area contributed by atoms with Crippen LogP contribution in [0.3, 0.4) is 0 Å². The molecule has 2 aromatic rings. The summed E-state index contributed by atoms with van der Waals surface area (Å²) in [6, 6.07) is 11.8. The number of amides is 2. The summed E-state index contributed by atoms with van der Waals surface area (Å²) < 4.78 is 0. The molecule has 0 saturated heterocycles. The largest absolute Gasteiger partial charge is 0.352 e. The number of hydrogen-bond acceptors (Lipinski definition) is 4. The summed E-state index contributed by atoms with van der Waals surface area (Å²) in [7, 11) is 0. The van der Waals surface area contributed by atoms with Crippen molar-refractivity contribution in [2.24, 2.45) is 0 Å². The molecule has 0 aliphatic carbocycles. The second kappa shape index (κ2) is 10.4. The number of allylic oxidation sites excluding steroid dienone is 3. The Morgan fingerprint density at radius 2 is 1.72 bits per heavy atom. The summed E-state index contributed by atoms with van der Waals surface area (Å²) in [4.78, 5) is 35.2. The minimum atomic E-state index is -0.538. The Bertz CT molecular complexity index is 962. The van der Waals surface area contributed by atoms with Crippen molar-refractivity contribution in [2.75, 3.05) is 11.9 Å². The lowest BCUT2D eigenvalue weighted by atomic mass is 10.1. The van der Waals surface area contributed by atoms with Crippen molar-refractivity contribution in [1.29, 1.82) is 0 Å². The van der Waals surface area contributed by atoms with E-state index in [1.54, 1.807) is 36.4 Å². The Labute approximate surface area is 168 Å². The topological polar surface area (TPSA) is 101 Å². The number of nitro groups is 1. The Morgan fingerprint density at radius 3 is 2.34 bits per heavy atom. The second-order valence-corrected chi connectivity index (χ2v) is 5.99. The molecule has 0 saturated carbocycles. The predicted molar refractivity (Wildman–Crippen MR) is 113 cm³/mol. The number of hydrogen-bond donors (Lipinski definition) is 2. The fourth-order valence-corrected chi connectivity index (χ4v) is 2.54. The molecule has 29 heavy (non-hydrogen) atoms. The van der Waals surface area contributed by atoms with Crippen LogP contribution in [0.5, 0.6) is 0 Å². The van der Waals surface area contributed by atoms with Crippen LogP contribution >= 0.6 is 0 Å². The molecule has 2 amide bonds. The highest BCUT2D eigenvalue weighted by Crippen LogP contribution is 2.18. The van der Waals surface area contributed by atoms with Gasteiger partial charge in [0.2, 0.25) is 0 Å². The third-order valence-corrected chi connectivity index (χ3v) is 4.05. The first-order valence-electron chi connectivity index (χ1n) is 8.83. The van der Waals surface area contributed by atoms with Gasteiger partial charge in [-0.2, -0.15) is 0 Å². The van der Waals surface area contributed by atoms with Crippen LogP contribution in [0.1, 0.15) is 27.1 Å². The van der Waals surface area contributed by atoms with Gasteiger partial charge in [0.15, 0.2) is 0 Å². The number of benzene rings is 2. The number of nitrogens with zero attached hydrogens (tertiary/aromatic N) is 1. The summed E-state index contributed by atoms with van der Waals surface area (Å²) in [5.41, 5.74) is 1.75. The van der Waals surface area contributed by atoms with Gasteiger partial charge < -0.3 is 10.6 Å². The summed E-state index contributed by atoms with van der Waals surface area (Å²) in [6.07, 6.45) is 5.77. The summed E-state index contributed by atoms with van der Waals surface area (Å²) in [5.74, 6) is -0.797. The van der Waals surface area contributed by atoms with E-state index in [2.05, 4.69) is 23.8 Å². The lowest BCUT2D eigenvalue weighted by Crippen LogP contribution is -2.26. The Balaban J connectivity index is 2.07. The smallest absolute Gasteiger partial charge is 0.269 e. The quantitative estimate of drug-likeness (QED) is 0.379. The highest BCUT2D eigenvalue weighted by molar-refractivity contribution is 6.09. The lowest BCUT2D eigenvalue weighted by Gasteiger charge is -2.12. The fraction of sp³-hybridized carbons (Fsp3) is 0.0909. The normalized spacial score (nSPS) is 10.7. The van der Waals surface area contributed by atoms with Gasteiger partial charge in [0.05, 0.1) is 16.2 Å². The minimum Gasteiger partial charge on any atom is -0.352 e. The molecule has 0 unspecified atom stereocenters. The molecule has 0 aliphatic heterocycles. The number of carbonyl (C=O) groups is 2. The Morgan fingerprint density at radius 1 is 1.03 bits per heavy atom. The number of carbonyl (C=O) groups excluding carboxylic acids is 2. The molecule has 0 spiro atoms. The van der Waals surface area contributed by atoms with Gasteiger partial charge in [-0.1, -0.05) is 43.5 Å². The molecule has 0 aromatic heterocycles. The van der Waals surface area contributed by atoms with Crippen molar-refractivity contribution in [1.82, 2.24) is 5.32 Å². The third kappa shape index (κ3) is 6.00. The van der Waals surface area contributed by atoms with Gasteiger partial charge in [-0.15, -0.1) is 0 Å². The Kier molecular flexibility index (Phi) is 7.61. The molecule has 0 radical (unpaired) electrons. The standard InChI is InChI=1S/C22H21N3O4/c1-3-7-16(4-2)14-15-23-22(27)19-8-5-6-9-20(19)24-21(26)17-10-12-18(13-11-17)25(28)29/h3-13H,1-2,14-15H2,(H,23,27)(H,24,26)/b16-7+. The summed E-state index contributed by atoms with van der Waals surface area (Å²) >= 11 is 0. The molecule has 0 fully saturated rings. The minimum absolute atomic E-state index is 0.106. The van der Waals surface area contributed by atoms with Gasteiger partial charge in [0, 0.05) is 24.2 Å². The first-order valence-corrected chi connectivity index (χ1v) is 8.83. The first kappa shape index (κ1) is 21.3. The number of anilines is 1. The maximum atomic E-state index is 12.5. The number of non-ortho nitro benzene ring substituents is 1. The van der Waals surface area contributed by atoms with E-state index in [1.807, 2.05) is 6.08 Å². The van der Waals surface area contributed by atoms with E-state index < -0.39 is 10.8 Å². The zero-order valence-electron chi connectivity index (χ0n) is 15.8. The number of rotatable bonds is 9. The van der Waals surface area contributed by atoms with E-state index in [0.717, 1.165) is 5.57 Å². The van der Waals surface area contributed by atoms with Crippen LogP contribution in [0.4, 0.5) is 11.4 Å². The molecule has 148 valence electrons. The highest BCUT2D eigenvalue weighted by Gasteiger charge is 2.15. The zero-order valence-corrected chi connectivity index (χ0v) is 15.8. The fourth-order valence-electron chi connectivity index (χ4n) is 2.54. The molecule has 0 bridgehead atoms. The lowest BCUT2D eigenvalue weighted by molar-refractivity contribution is -0.384. The molecular weight excluding hydrogens is 370 g/mol. The van der Waals surface area contributed by atoms with Crippen LogP contribution in [0.15, 0.2) is 85.5 Å². The highest BCUT2D eigenvalue weighted by atomic mass is 16.6. The van der Waals surface area contributed by atoms with Gasteiger partial charge in [0.25, 0.3) is 17.5 Å². The van der Waals surface area contributed by atoms with Gasteiger partial charge in [-0.05, 0) is 36.3 Å². The number of nitrogens with one attached hydrogen (secondary N) is 2. The number of para-hydroxylation sites is 1. The van der Waals surface area contributed by atoms with E-state index in [4.69, 9.17) is 0 Å². The van der Waals surface area contributed by atoms with Gasteiger partial charge in [0.1, 0.15) is 0 Å². The predicted octanol–water partition coefficient (Wildman–Crippen LogP) is 4.27. The maximum absolute atomic E-state index is 12.5. The molecule has 2 aromatic carbocycles. The molecule has 0 heterocycles. The molecule has 0 aliphatic rings. The van der Waals surface area contributed by atoms with Crippen molar-refractivity contribution >= 4 is 23.2 Å². The Hall–Kier alpha value is -4.00. The monoisotopic (exact) mass is 391 g/mol. The molecule has 0 atom stereocenters. The van der Waals surface area contributed by atoms with Crippen molar-refractivity contribution in [3.8, 4) is 0 Å². The van der Waals surface area contributed by atoms with Crippen molar-refractivity contribution in [3.63, 3.8) is 0 Å². The molecule has 2 N–H and O–H groups in total. The van der Waals surface area contributed by atoms with Gasteiger partial charge >= 0.3 is 0 Å². The average molecular weight is 391 g/mol. The zero-order chi connectivity index (χ0) is 21.2. The number of nitro benzene ring substituents is 1. The van der Waals surface area contributed by atoms with E-state index in [0.29, 0.717) is 24.2 Å². The van der Waals surface area contributed by atoms with Crippen LogP contribution in [0.2, 0.25) is 0 Å². The van der Waals surface area contributed by atoms with Crippen molar-refractivity contribution < 1.29 is 14.5 Å². The summed E-state index contributed by atoms with van der Waals surface area (Å²) in [6.45, 7) is 7.74. The van der Waals surface area contributed by atoms with E-state index in [9.17, 15) is 19.7 Å². The van der Waals surface area contributed by atoms with Gasteiger partial charge in [-0.3, -0.25) is 19.7 Å². The second-order valence-electron chi connectivity index (χ2n) is 5.99. The molecule has 7 heteroatoms. The van der Waals surface area contributed by atoms with E-state index in [1.165, 1.54) is 24.3 Å². The van der Waals surface area contributed by atoms with Crippen LogP contribution < -0.4 is 10.6 Å². The van der Waals surface area contributed by atoms with Gasteiger partial charge in [-0.25, -0.2) is 0 Å². The average Bonchev–Trinajstić information content (AvgIpc) is 2.73. The molecule has 7 nitrogen and oxygen atoms in total. The van der Waals surface area contributed by atoms with E-state index in [-0.39, 0.29) is 17.2 Å². The summed E-state index contributed by atoms with van der Waals surface area (Å²) in [5, 5.41) is 16.2. The van der Waals surface area contributed by atoms with Crippen LogP contribution in [0.25, 0.3) is 0 Å². The molecular formula is C22H21N3O4. The van der Waals surface area contributed by atoms with Crippen molar-refractivity contribution in [2.45, 2.75) is 6.42 Å². The maximum Gasteiger partial charge on any atom is 0.269 e.